The van der Waals surface area contributed by atoms with Crippen molar-refractivity contribution < 1.29 is 19.5 Å². The summed E-state index contributed by atoms with van der Waals surface area (Å²) in [7, 11) is 0. The summed E-state index contributed by atoms with van der Waals surface area (Å²) in [5.74, 6) is -1.60. The number of benzene rings is 1. The lowest BCUT2D eigenvalue weighted by molar-refractivity contribution is -0.146. The standard InChI is InChI=1S/C29H37N3O4S/c1-4-11-19(3)30-17-10-15-29-24(27(35)32(20(5-2)18-33)25(29)28(30)36)23-22(37-29)14-9-16-31(26(23)34)21-12-7-6-8-13-21/h6-10,12-15,19-20,22-25,33H,4-5,11,16-18H2,1-3H3/t19?,20-,22+,23-,24-,25?,29-/m0/s1. The predicted octanol–water partition coefficient (Wildman–Crippen LogP) is 3.24. The molecule has 1 spiro atoms. The van der Waals surface area contributed by atoms with E-state index in [1.807, 2.05) is 60.4 Å². The second kappa shape index (κ2) is 10.3. The average molecular weight is 524 g/mol. The molecule has 4 heterocycles. The fourth-order valence-electron chi connectivity index (χ4n) is 6.71. The Bertz CT molecular complexity index is 1100. The predicted molar refractivity (Wildman–Crippen MR) is 146 cm³/mol. The topological polar surface area (TPSA) is 81.2 Å². The van der Waals surface area contributed by atoms with Gasteiger partial charge in [0.05, 0.1) is 29.2 Å². The minimum atomic E-state index is -0.855. The van der Waals surface area contributed by atoms with Crippen LogP contribution >= 0.6 is 11.8 Å². The van der Waals surface area contributed by atoms with Gasteiger partial charge in [-0.1, -0.05) is 62.8 Å². The number of aliphatic hydroxyl groups is 1. The molecule has 1 aromatic carbocycles. The van der Waals surface area contributed by atoms with E-state index < -0.39 is 28.7 Å². The molecule has 8 heteroatoms. The summed E-state index contributed by atoms with van der Waals surface area (Å²) in [5, 5.41) is 10.1. The number of hydrogen-bond acceptors (Lipinski definition) is 5. The first-order valence-electron chi connectivity index (χ1n) is 13.5. The first-order valence-corrected chi connectivity index (χ1v) is 14.4. The molecule has 7 atom stereocenters. The quantitative estimate of drug-likeness (QED) is 0.555. The van der Waals surface area contributed by atoms with Gasteiger partial charge in [-0.25, -0.2) is 0 Å². The highest BCUT2D eigenvalue weighted by atomic mass is 32.2. The summed E-state index contributed by atoms with van der Waals surface area (Å²) in [6.07, 6.45) is 10.5. The van der Waals surface area contributed by atoms with Crippen LogP contribution in [-0.4, -0.2) is 80.4 Å². The first kappa shape index (κ1) is 26.0. The Hall–Kier alpha value is -2.58. The van der Waals surface area contributed by atoms with E-state index in [0.29, 0.717) is 19.5 Å². The summed E-state index contributed by atoms with van der Waals surface area (Å²) in [5.41, 5.74) is 0.802. The zero-order valence-corrected chi connectivity index (χ0v) is 22.6. The van der Waals surface area contributed by atoms with Gasteiger partial charge >= 0.3 is 0 Å². The minimum absolute atomic E-state index is 0.0366. The lowest BCUT2D eigenvalue weighted by atomic mass is 9.78. The first-order chi connectivity index (χ1) is 17.9. The van der Waals surface area contributed by atoms with Crippen LogP contribution in [0.4, 0.5) is 5.69 Å². The van der Waals surface area contributed by atoms with E-state index in [1.54, 1.807) is 21.6 Å². The molecule has 198 valence electrons. The highest BCUT2D eigenvalue weighted by Crippen LogP contribution is 2.61. The normalized spacial score (nSPS) is 32.6. The van der Waals surface area contributed by atoms with Crippen LogP contribution in [0.3, 0.4) is 0 Å². The molecule has 37 heavy (non-hydrogen) atoms. The largest absolute Gasteiger partial charge is 0.394 e. The second-order valence-corrected chi connectivity index (χ2v) is 12.1. The summed E-state index contributed by atoms with van der Waals surface area (Å²) < 4.78 is -0.855. The van der Waals surface area contributed by atoms with Gasteiger partial charge < -0.3 is 19.8 Å². The van der Waals surface area contributed by atoms with Gasteiger partial charge in [-0.05, 0) is 31.9 Å². The van der Waals surface area contributed by atoms with Gasteiger partial charge in [0.15, 0.2) is 0 Å². The number of fused-ring (bicyclic) bond motifs is 2. The minimum Gasteiger partial charge on any atom is -0.394 e. The van der Waals surface area contributed by atoms with Gasteiger partial charge in [0, 0.05) is 30.1 Å². The van der Waals surface area contributed by atoms with Gasteiger partial charge in [-0.2, -0.15) is 0 Å². The molecule has 7 nitrogen and oxygen atoms in total. The zero-order chi connectivity index (χ0) is 26.3. The van der Waals surface area contributed by atoms with Crippen molar-refractivity contribution in [3.8, 4) is 0 Å². The maximum absolute atomic E-state index is 14.3. The van der Waals surface area contributed by atoms with Crippen molar-refractivity contribution >= 4 is 35.2 Å². The molecule has 4 aliphatic heterocycles. The van der Waals surface area contributed by atoms with E-state index in [2.05, 4.69) is 19.9 Å². The Morgan fingerprint density at radius 3 is 2.49 bits per heavy atom. The lowest BCUT2D eigenvalue weighted by Crippen LogP contribution is -2.57. The molecule has 0 aromatic heterocycles. The van der Waals surface area contributed by atoms with Gasteiger partial charge in [0.2, 0.25) is 17.7 Å². The highest BCUT2D eigenvalue weighted by molar-refractivity contribution is 8.02. The van der Waals surface area contributed by atoms with Crippen molar-refractivity contribution in [2.45, 2.75) is 68.2 Å². The van der Waals surface area contributed by atoms with Crippen LogP contribution in [0.25, 0.3) is 0 Å². The average Bonchev–Trinajstić information content (AvgIpc) is 3.21. The monoisotopic (exact) mass is 523 g/mol. The van der Waals surface area contributed by atoms with Crippen molar-refractivity contribution in [2.24, 2.45) is 11.8 Å². The van der Waals surface area contributed by atoms with Crippen LogP contribution in [0, 0.1) is 11.8 Å². The van der Waals surface area contributed by atoms with Crippen molar-refractivity contribution in [2.75, 3.05) is 24.6 Å². The van der Waals surface area contributed by atoms with Crippen LogP contribution in [0.1, 0.15) is 40.0 Å². The molecule has 0 saturated carbocycles. The van der Waals surface area contributed by atoms with E-state index in [9.17, 15) is 19.5 Å². The van der Waals surface area contributed by atoms with E-state index >= 15 is 0 Å². The molecule has 1 N–H and O–H groups in total. The molecule has 1 aromatic rings. The molecule has 0 aliphatic carbocycles. The number of aliphatic hydroxyl groups excluding tert-OH is 1. The zero-order valence-electron chi connectivity index (χ0n) is 21.8. The van der Waals surface area contributed by atoms with Crippen molar-refractivity contribution in [3.05, 3.63) is 54.6 Å². The number of carbonyl (C=O) groups excluding carboxylic acids is 3. The summed E-state index contributed by atoms with van der Waals surface area (Å²) >= 11 is 1.59. The van der Waals surface area contributed by atoms with Gasteiger partial charge in [0.25, 0.3) is 0 Å². The number of likely N-dealkylation sites (tertiary alicyclic amines) is 1. The van der Waals surface area contributed by atoms with Crippen LogP contribution in [-0.2, 0) is 14.4 Å². The SMILES string of the molecule is CCCC(C)N1CC=C[C@]23S[C@@H]4C=CCN(c5ccccc5)C(=O)[C@@H]4[C@H]2C(=O)N([C@@H](CC)CO)C3C1=O. The fraction of sp³-hybridized carbons (Fsp3) is 0.552. The lowest BCUT2D eigenvalue weighted by Gasteiger charge is -2.39. The third-order valence-electron chi connectivity index (χ3n) is 8.51. The number of para-hydroxylation sites is 1. The number of nitrogens with zero attached hydrogens (tertiary/aromatic N) is 3. The molecule has 4 aliphatic rings. The number of carbonyl (C=O) groups is 3. The van der Waals surface area contributed by atoms with Crippen molar-refractivity contribution in [3.63, 3.8) is 0 Å². The molecular formula is C29H37N3O4S. The molecular weight excluding hydrogens is 486 g/mol. The molecule has 2 saturated heterocycles. The molecule has 2 fully saturated rings. The number of amides is 3. The van der Waals surface area contributed by atoms with E-state index in [4.69, 9.17) is 0 Å². The molecule has 0 bridgehead atoms. The molecule has 0 radical (unpaired) electrons. The smallest absolute Gasteiger partial charge is 0.247 e. The summed E-state index contributed by atoms with van der Waals surface area (Å²) in [6, 6.07) is 8.37. The maximum Gasteiger partial charge on any atom is 0.247 e. The Morgan fingerprint density at radius 1 is 1.05 bits per heavy atom. The van der Waals surface area contributed by atoms with Crippen LogP contribution in [0.15, 0.2) is 54.6 Å². The summed E-state index contributed by atoms with van der Waals surface area (Å²) in [4.78, 5) is 48.1. The fourth-order valence-corrected chi connectivity index (χ4v) is 8.70. The van der Waals surface area contributed by atoms with Crippen LogP contribution in [0.5, 0.6) is 0 Å². The number of rotatable bonds is 7. The number of thioether (sulfide) groups is 1. The van der Waals surface area contributed by atoms with Crippen LogP contribution < -0.4 is 4.90 Å². The molecule has 2 unspecified atom stereocenters. The number of hydrogen-bond donors (Lipinski definition) is 1. The van der Waals surface area contributed by atoms with Gasteiger partial charge in [-0.3, -0.25) is 14.4 Å². The highest BCUT2D eigenvalue weighted by Gasteiger charge is 2.71. The van der Waals surface area contributed by atoms with Crippen molar-refractivity contribution in [1.82, 2.24) is 9.80 Å². The maximum atomic E-state index is 14.3. The third kappa shape index (κ3) is 4.04. The summed E-state index contributed by atoms with van der Waals surface area (Å²) in [6.45, 7) is 6.81. The Morgan fingerprint density at radius 2 is 1.81 bits per heavy atom. The molecule has 5 rings (SSSR count). The molecule has 3 amide bonds. The number of anilines is 1. The van der Waals surface area contributed by atoms with Gasteiger partial charge in [0.1, 0.15) is 6.04 Å². The van der Waals surface area contributed by atoms with E-state index in [-0.39, 0.29) is 35.6 Å². The second-order valence-electron chi connectivity index (χ2n) is 10.6. The van der Waals surface area contributed by atoms with Crippen LogP contribution in [0.2, 0.25) is 0 Å². The van der Waals surface area contributed by atoms with E-state index in [0.717, 1.165) is 18.5 Å². The Kier molecular flexibility index (Phi) is 7.24. The Labute approximate surface area is 223 Å². The van der Waals surface area contributed by atoms with Gasteiger partial charge in [-0.15, -0.1) is 11.8 Å². The van der Waals surface area contributed by atoms with Crippen molar-refractivity contribution in [1.29, 1.82) is 0 Å². The van der Waals surface area contributed by atoms with E-state index in [1.165, 1.54) is 0 Å². The Balaban J connectivity index is 1.61. The third-order valence-corrected chi connectivity index (χ3v) is 10.3.